The van der Waals surface area contributed by atoms with Crippen molar-refractivity contribution in [2.24, 2.45) is 0 Å². The summed E-state index contributed by atoms with van der Waals surface area (Å²) in [5.74, 6) is 0.759. The van der Waals surface area contributed by atoms with E-state index in [9.17, 15) is 4.79 Å². The van der Waals surface area contributed by atoms with Crippen LogP contribution in [0.2, 0.25) is 0 Å². The highest BCUT2D eigenvalue weighted by atomic mass is 16.5. The summed E-state index contributed by atoms with van der Waals surface area (Å²) >= 11 is 0. The van der Waals surface area contributed by atoms with Gasteiger partial charge in [-0.25, -0.2) is 9.97 Å². The van der Waals surface area contributed by atoms with Crippen LogP contribution in [-0.4, -0.2) is 51.2 Å². The van der Waals surface area contributed by atoms with Crippen LogP contribution in [-0.2, 0) is 0 Å². The standard InChI is InChI=1S/C18H19N5O2/c1-25-15-11-20-22-16(15)18(24)23-9-6-12(7-10-23)14-5-4-13-3-2-8-19-17(13)21-14/h2-5,8,11-12H,6-7,9-10H2,1H3,(H,20,22). The van der Waals surface area contributed by atoms with Gasteiger partial charge in [-0.1, -0.05) is 0 Å². The van der Waals surface area contributed by atoms with Crippen molar-refractivity contribution in [3.63, 3.8) is 0 Å². The van der Waals surface area contributed by atoms with Gasteiger partial charge in [0.25, 0.3) is 5.91 Å². The number of aromatic amines is 1. The summed E-state index contributed by atoms with van der Waals surface area (Å²) in [6, 6.07) is 8.07. The topological polar surface area (TPSA) is 84.0 Å². The number of piperidine rings is 1. The molecule has 0 saturated carbocycles. The molecular weight excluding hydrogens is 318 g/mol. The molecule has 3 aromatic heterocycles. The summed E-state index contributed by atoms with van der Waals surface area (Å²) < 4.78 is 5.17. The zero-order valence-corrected chi connectivity index (χ0v) is 14.0. The maximum atomic E-state index is 12.6. The van der Waals surface area contributed by atoms with Gasteiger partial charge in [0.15, 0.2) is 17.1 Å². The van der Waals surface area contributed by atoms with Gasteiger partial charge < -0.3 is 9.64 Å². The monoisotopic (exact) mass is 337 g/mol. The Morgan fingerprint density at radius 3 is 2.92 bits per heavy atom. The Balaban J connectivity index is 1.46. The van der Waals surface area contributed by atoms with E-state index in [1.807, 2.05) is 17.0 Å². The Morgan fingerprint density at radius 2 is 2.12 bits per heavy atom. The summed E-state index contributed by atoms with van der Waals surface area (Å²) in [5.41, 5.74) is 2.24. The highest BCUT2D eigenvalue weighted by Gasteiger charge is 2.27. The molecule has 128 valence electrons. The number of nitrogens with zero attached hydrogens (tertiary/aromatic N) is 4. The van der Waals surface area contributed by atoms with Crippen LogP contribution in [0.3, 0.4) is 0 Å². The molecule has 0 aromatic carbocycles. The number of likely N-dealkylation sites (tertiary alicyclic amines) is 1. The molecule has 0 spiro atoms. The number of rotatable bonds is 3. The van der Waals surface area contributed by atoms with Crippen LogP contribution < -0.4 is 4.74 Å². The molecule has 1 aliphatic heterocycles. The lowest BCUT2D eigenvalue weighted by atomic mass is 9.92. The lowest BCUT2D eigenvalue weighted by Gasteiger charge is -2.31. The highest BCUT2D eigenvalue weighted by Crippen LogP contribution is 2.29. The fourth-order valence-electron chi connectivity index (χ4n) is 3.31. The SMILES string of the molecule is COc1cn[nH]c1C(=O)N1CCC(c2ccc3cccnc3n2)CC1. The van der Waals surface area contributed by atoms with Crippen molar-refractivity contribution in [1.82, 2.24) is 25.1 Å². The molecule has 3 aromatic rings. The first-order valence-electron chi connectivity index (χ1n) is 8.34. The number of hydrogen-bond donors (Lipinski definition) is 1. The molecule has 25 heavy (non-hydrogen) atoms. The molecule has 1 N–H and O–H groups in total. The Hall–Kier alpha value is -2.96. The summed E-state index contributed by atoms with van der Waals surface area (Å²) in [4.78, 5) is 23.5. The van der Waals surface area contributed by atoms with Gasteiger partial charge in [0.05, 0.1) is 13.3 Å². The predicted octanol–water partition coefficient (Wildman–Crippen LogP) is 2.38. The molecule has 0 unspecified atom stereocenters. The molecule has 1 fully saturated rings. The number of amides is 1. The second-order valence-electron chi connectivity index (χ2n) is 6.17. The predicted molar refractivity (Wildman–Crippen MR) is 92.6 cm³/mol. The van der Waals surface area contributed by atoms with E-state index in [4.69, 9.17) is 9.72 Å². The quantitative estimate of drug-likeness (QED) is 0.793. The maximum Gasteiger partial charge on any atom is 0.275 e. The largest absolute Gasteiger partial charge is 0.493 e. The molecule has 1 amide bonds. The first kappa shape index (κ1) is 15.6. The molecule has 7 heteroatoms. The summed E-state index contributed by atoms with van der Waals surface area (Å²) in [6.07, 6.45) is 5.05. The lowest BCUT2D eigenvalue weighted by molar-refractivity contribution is 0.0703. The van der Waals surface area contributed by atoms with Gasteiger partial charge >= 0.3 is 0 Å². The van der Waals surface area contributed by atoms with Crippen LogP contribution in [0.1, 0.15) is 34.9 Å². The average molecular weight is 337 g/mol. The summed E-state index contributed by atoms with van der Waals surface area (Å²) in [6.45, 7) is 1.38. The third kappa shape index (κ3) is 2.93. The normalized spacial score (nSPS) is 15.5. The fourth-order valence-corrected chi connectivity index (χ4v) is 3.31. The number of H-pyrrole nitrogens is 1. The number of methoxy groups -OCH3 is 1. The van der Waals surface area contributed by atoms with Crippen LogP contribution in [0.4, 0.5) is 0 Å². The second kappa shape index (κ2) is 6.51. The van der Waals surface area contributed by atoms with E-state index in [1.165, 1.54) is 13.3 Å². The van der Waals surface area contributed by atoms with E-state index in [2.05, 4.69) is 27.3 Å². The molecule has 7 nitrogen and oxygen atoms in total. The van der Waals surface area contributed by atoms with Gasteiger partial charge in [-0.2, -0.15) is 5.10 Å². The number of carbonyl (C=O) groups excluding carboxylic acids is 1. The van der Waals surface area contributed by atoms with E-state index in [-0.39, 0.29) is 5.91 Å². The minimum absolute atomic E-state index is 0.0686. The van der Waals surface area contributed by atoms with Crippen molar-refractivity contribution in [2.75, 3.05) is 20.2 Å². The molecule has 0 aliphatic carbocycles. The van der Waals surface area contributed by atoms with Gasteiger partial charge in [0.1, 0.15) is 0 Å². The fraction of sp³-hybridized carbons (Fsp3) is 0.333. The van der Waals surface area contributed by atoms with E-state index >= 15 is 0 Å². The molecule has 0 radical (unpaired) electrons. The average Bonchev–Trinajstić information content (AvgIpc) is 3.16. The maximum absolute atomic E-state index is 12.6. The number of carbonyl (C=O) groups is 1. The summed E-state index contributed by atoms with van der Waals surface area (Å²) in [5, 5.41) is 7.66. The number of nitrogens with one attached hydrogen (secondary N) is 1. The number of pyridine rings is 2. The third-order valence-corrected chi connectivity index (χ3v) is 4.72. The van der Waals surface area contributed by atoms with Crippen LogP contribution >= 0.6 is 0 Å². The number of hydrogen-bond acceptors (Lipinski definition) is 5. The minimum atomic E-state index is -0.0686. The zero-order valence-electron chi connectivity index (χ0n) is 14.0. The minimum Gasteiger partial charge on any atom is -0.493 e. The molecular formula is C18H19N5O2. The van der Waals surface area contributed by atoms with E-state index in [0.717, 1.165) is 29.6 Å². The van der Waals surface area contributed by atoms with Crippen molar-refractivity contribution >= 4 is 16.9 Å². The third-order valence-electron chi connectivity index (χ3n) is 4.72. The van der Waals surface area contributed by atoms with Crippen LogP contribution in [0.15, 0.2) is 36.7 Å². The molecule has 0 bridgehead atoms. The van der Waals surface area contributed by atoms with E-state index in [1.54, 1.807) is 6.20 Å². The van der Waals surface area contributed by atoms with Crippen LogP contribution in [0.5, 0.6) is 5.75 Å². The first-order chi connectivity index (χ1) is 12.3. The van der Waals surface area contributed by atoms with Crippen molar-refractivity contribution in [1.29, 1.82) is 0 Å². The first-order valence-corrected chi connectivity index (χ1v) is 8.34. The van der Waals surface area contributed by atoms with Gasteiger partial charge in [0.2, 0.25) is 0 Å². The summed E-state index contributed by atoms with van der Waals surface area (Å²) in [7, 11) is 1.54. The van der Waals surface area contributed by atoms with E-state index < -0.39 is 0 Å². The molecule has 0 atom stereocenters. The molecule has 1 saturated heterocycles. The number of aromatic nitrogens is 4. The molecule has 4 heterocycles. The highest BCUT2D eigenvalue weighted by molar-refractivity contribution is 5.94. The smallest absolute Gasteiger partial charge is 0.275 e. The second-order valence-corrected chi connectivity index (χ2v) is 6.17. The number of fused-ring (bicyclic) bond motifs is 1. The Labute approximate surface area is 145 Å². The Bertz CT molecular complexity index is 899. The lowest BCUT2D eigenvalue weighted by Crippen LogP contribution is -2.38. The van der Waals surface area contributed by atoms with Crippen molar-refractivity contribution in [3.8, 4) is 5.75 Å². The Morgan fingerprint density at radius 1 is 1.28 bits per heavy atom. The van der Waals surface area contributed by atoms with E-state index in [0.29, 0.717) is 30.5 Å². The van der Waals surface area contributed by atoms with Crippen molar-refractivity contribution < 1.29 is 9.53 Å². The van der Waals surface area contributed by atoms with Crippen molar-refractivity contribution in [3.05, 3.63) is 48.0 Å². The van der Waals surface area contributed by atoms with Crippen molar-refractivity contribution in [2.45, 2.75) is 18.8 Å². The van der Waals surface area contributed by atoms with Gasteiger partial charge in [0, 0.05) is 36.3 Å². The zero-order chi connectivity index (χ0) is 17.2. The van der Waals surface area contributed by atoms with Crippen LogP contribution in [0.25, 0.3) is 11.0 Å². The molecule has 1 aliphatic rings. The number of ether oxygens (including phenoxy) is 1. The van der Waals surface area contributed by atoms with Gasteiger partial charge in [-0.15, -0.1) is 0 Å². The molecule has 4 rings (SSSR count). The van der Waals surface area contributed by atoms with Crippen LogP contribution in [0, 0.1) is 0 Å². The Kier molecular flexibility index (Phi) is 4.05. The van der Waals surface area contributed by atoms with Gasteiger partial charge in [-0.3, -0.25) is 9.89 Å². The van der Waals surface area contributed by atoms with Gasteiger partial charge in [-0.05, 0) is 37.1 Å².